The summed E-state index contributed by atoms with van der Waals surface area (Å²) < 4.78 is 0. The summed E-state index contributed by atoms with van der Waals surface area (Å²) in [7, 11) is 0. The molecule has 0 bridgehead atoms. The molecule has 0 spiro atoms. The van der Waals surface area contributed by atoms with Crippen LogP contribution < -0.4 is 0 Å². The van der Waals surface area contributed by atoms with Crippen LogP contribution in [-0.2, 0) is 0 Å². The zero-order valence-corrected chi connectivity index (χ0v) is 6.33. The van der Waals surface area contributed by atoms with Crippen molar-refractivity contribution in [2.45, 2.75) is 19.1 Å². The highest BCUT2D eigenvalue weighted by atomic mass is 32.2. The van der Waals surface area contributed by atoms with E-state index in [0.717, 1.165) is 0 Å². The van der Waals surface area contributed by atoms with Gasteiger partial charge >= 0.3 is 0 Å². The molecule has 8 heavy (non-hydrogen) atoms. The van der Waals surface area contributed by atoms with Crippen molar-refractivity contribution >= 4 is 11.8 Å². The summed E-state index contributed by atoms with van der Waals surface area (Å²) in [5.41, 5.74) is 0. The second-order valence-corrected chi connectivity index (χ2v) is 3.07. The first-order chi connectivity index (χ1) is 3.72. The Balaban J connectivity index is 3.49. The maximum absolute atomic E-state index is 8.37. The number of nitriles is 1. The van der Waals surface area contributed by atoms with Gasteiger partial charge in [-0.05, 0) is 13.2 Å². The van der Waals surface area contributed by atoms with E-state index in [4.69, 9.17) is 5.26 Å². The third-order valence-electron chi connectivity index (χ3n) is 1.28. The number of hydrogen-bond acceptors (Lipinski definition) is 2. The lowest BCUT2D eigenvalue weighted by molar-refractivity contribution is 0.732. The van der Waals surface area contributed by atoms with Crippen LogP contribution in [0.25, 0.3) is 0 Å². The number of thioether (sulfide) groups is 1. The Morgan fingerprint density at radius 2 is 2.00 bits per heavy atom. The summed E-state index contributed by atoms with van der Waals surface area (Å²) in [4.78, 5) is 0. The van der Waals surface area contributed by atoms with Gasteiger partial charge in [-0.25, -0.2) is 0 Å². The zero-order valence-electron chi connectivity index (χ0n) is 5.51. The van der Waals surface area contributed by atoms with E-state index in [1.54, 1.807) is 11.8 Å². The van der Waals surface area contributed by atoms with Crippen LogP contribution in [-0.4, -0.2) is 11.5 Å². The average molecular weight is 129 g/mol. The number of nitrogens with zero attached hydrogens (tertiary/aromatic N) is 1. The zero-order chi connectivity index (χ0) is 6.57. The Hall–Kier alpha value is -0.160. The van der Waals surface area contributed by atoms with Crippen molar-refractivity contribution in [1.82, 2.24) is 0 Å². The van der Waals surface area contributed by atoms with Crippen molar-refractivity contribution in [2.75, 3.05) is 6.26 Å². The predicted molar refractivity (Wildman–Crippen MR) is 37.8 cm³/mol. The van der Waals surface area contributed by atoms with Gasteiger partial charge in [-0.2, -0.15) is 17.0 Å². The van der Waals surface area contributed by atoms with Crippen molar-refractivity contribution in [3.05, 3.63) is 0 Å². The first-order valence-electron chi connectivity index (χ1n) is 2.64. The number of rotatable bonds is 2. The monoisotopic (exact) mass is 129 g/mol. The van der Waals surface area contributed by atoms with E-state index >= 15 is 0 Å². The molecule has 0 saturated heterocycles. The van der Waals surface area contributed by atoms with Gasteiger partial charge < -0.3 is 0 Å². The third-order valence-corrected chi connectivity index (χ3v) is 2.43. The van der Waals surface area contributed by atoms with E-state index in [1.807, 2.05) is 13.2 Å². The molecule has 0 aromatic carbocycles. The summed E-state index contributed by atoms with van der Waals surface area (Å²) >= 11 is 1.73. The maximum atomic E-state index is 8.37. The van der Waals surface area contributed by atoms with Crippen molar-refractivity contribution in [3.63, 3.8) is 0 Å². The second kappa shape index (κ2) is 3.80. The van der Waals surface area contributed by atoms with Gasteiger partial charge in [0.15, 0.2) is 0 Å². The first kappa shape index (κ1) is 7.84. The molecule has 0 aromatic rings. The fraction of sp³-hybridized carbons (Fsp3) is 0.833. The van der Waals surface area contributed by atoms with Crippen LogP contribution in [0.5, 0.6) is 0 Å². The van der Waals surface area contributed by atoms with Crippen molar-refractivity contribution in [1.29, 1.82) is 5.26 Å². The van der Waals surface area contributed by atoms with Gasteiger partial charge in [0.2, 0.25) is 0 Å². The fourth-order valence-electron chi connectivity index (χ4n) is 0.309. The van der Waals surface area contributed by atoms with Gasteiger partial charge in [0.05, 0.1) is 12.0 Å². The van der Waals surface area contributed by atoms with Crippen LogP contribution in [0.4, 0.5) is 0 Å². The van der Waals surface area contributed by atoms with E-state index in [9.17, 15) is 0 Å². The van der Waals surface area contributed by atoms with Gasteiger partial charge in [0, 0.05) is 5.25 Å². The van der Waals surface area contributed by atoms with Gasteiger partial charge in [-0.3, -0.25) is 0 Å². The minimum atomic E-state index is 0.185. The second-order valence-electron chi connectivity index (χ2n) is 1.86. The molecule has 0 aliphatic carbocycles. The lowest BCUT2D eigenvalue weighted by atomic mass is 10.1. The van der Waals surface area contributed by atoms with E-state index in [-0.39, 0.29) is 5.92 Å². The molecule has 1 unspecified atom stereocenters. The molecule has 0 aromatic heterocycles. The van der Waals surface area contributed by atoms with Crippen LogP contribution >= 0.6 is 11.8 Å². The molecule has 0 aliphatic heterocycles. The molecule has 0 N–H and O–H groups in total. The molecule has 0 amide bonds. The van der Waals surface area contributed by atoms with Gasteiger partial charge in [-0.15, -0.1) is 0 Å². The Morgan fingerprint density at radius 1 is 1.50 bits per heavy atom. The maximum Gasteiger partial charge on any atom is 0.0664 e. The molecule has 0 heterocycles. The van der Waals surface area contributed by atoms with Crippen molar-refractivity contribution in [3.8, 4) is 6.07 Å². The van der Waals surface area contributed by atoms with E-state index in [2.05, 4.69) is 13.0 Å². The summed E-state index contributed by atoms with van der Waals surface area (Å²) in [6, 6.07) is 2.19. The predicted octanol–water partition coefficient (Wildman–Crippen LogP) is 1.90. The molecule has 2 heteroatoms. The van der Waals surface area contributed by atoms with E-state index in [0.29, 0.717) is 5.25 Å². The van der Waals surface area contributed by atoms with Crippen molar-refractivity contribution < 1.29 is 0 Å². The summed E-state index contributed by atoms with van der Waals surface area (Å²) in [6.45, 7) is 4.01. The lowest BCUT2D eigenvalue weighted by Gasteiger charge is -2.07. The molecule has 2 atom stereocenters. The Labute approximate surface area is 55.1 Å². The van der Waals surface area contributed by atoms with Crippen LogP contribution in [0.3, 0.4) is 0 Å². The number of hydrogen-bond donors (Lipinski definition) is 0. The van der Waals surface area contributed by atoms with Crippen LogP contribution in [0, 0.1) is 17.2 Å². The first-order valence-corrected chi connectivity index (χ1v) is 3.93. The lowest BCUT2D eigenvalue weighted by Crippen LogP contribution is -2.05. The standard InChI is InChI=1S/C6H11NS/c1-5(4-7)6(2)8-3/h5-6H,1-3H3/t5-,6?/m1/s1. The molecule has 0 radical (unpaired) electrons. The quantitative estimate of drug-likeness (QED) is 0.568. The van der Waals surface area contributed by atoms with Crippen LogP contribution in [0.2, 0.25) is 0 Å². The van der Waals surface area contributed by atoms with E-state index < -0.39 is 0 Å². The topological polar surface area (TPSA) is 23.8 Å². The van der Waals surface area contributed by atoms with Gasteiger partial charge in [-0.1, -0.05) is 6.92 Å². The largest absolute Gasteiger partial charge is 0.198 e. The molecular formula is C6H11NS. The average Bonchev–Trinajstić information content (AvgIpc) is 1.84. The molecular weight excluding hydrogens is 118 g/mol. The summed E-state index contributed by atoms with van der Waals surface area (Å²) in [5, 5.41) is 8.85. The highest BCUT2D eigenvalue weighted by molar-refractivity contribution is 7.99. The highest BCUT2D eigenvalue weighted by Gasteiger charge is 2.07. The Bertz CT molecular complexity index is 95.2. The van der Waals surface area contributed by atoms with Crippen LogP contribution in [0.15, 0.2) is 0 Å². The Morgan fingerprint density at radius 3 is 2.12 bits per heavy atom. The molecule has 1 nitrogen and oxygen atoms in total. The highest BCUT2D eigenvalue weighted by Crippen LogP contribution is 2.14. The van der Waals surface area contributed by atoms with E-state index in [1.165, 1.54) is 0 Å². The normalized spacial score (nSPS) is 16.8. The van der Waals surface area contributed by atoms with Crippen LogP contribution in [0.1, 0.15) is 13.8 Å². The third kappa shape index (κ3) is 2.23. The minimum absolute atomic E-state index is 0.185. The Kier molecular flexibility index (Phi) is 3.72. The van der Waals surface area contributed by atoms with Gasteiger partial charge in [0.25, 0.3) is 0 Å². The minimum Gasteiger partial charge on any atom is -0.198 e. The SMILES string of the molecule is CSC(C)[C@H](C)C#N. The summed E-state index contributed by atoms with van der Waals surface area (Å²) in [5.74, 6) is 0.185. The van der Waals surface area contributed by atoms with Crippen molar-refractivity contribution in [2.24, 2.45) is 5.92 Å². The van der Waals surface area contributed by atoms with Gasteiger partial charge in [0.1, 0.15) is 0 Å². The molecule has 0 saturated carbocycles. The molecule has 46 valence electrons. The molecule has 0 rings (SSSR count). The smallest absolute Gasteiger partial charge is 0.0664 e. The molecule has 0 aliphatic rings. The summed E-state index contributed by atoms with van der Waals surface area (Å²) in [6.07, 6.45) is 2.03. The fourth-order valence-corrected chi connectivity index (χ4v) is 0.778. The molecule has 0 fully saturated rings.